The molecule has 0 aliphatic carbocycles. The molecule has 2 fully saturated rings. The Hall–Kier alpha value is -0.420. The number of carbonyl (C=O) groups is 1. The molecule has 2 nitrogen and oxygen atoms in total. The molecule has 20 heavy (non-hydrogen) atoms. The van der Waals surface area contributed by atoms with Crippen molar-refractivity contribution in [2.24, 2.45) is 5.92 Å². The van der Waals surface area contributed by atoms with Crippen molar-refractivity contribution < 1.29 is 4.79 Å². The maximum absolute atomic E-state index is 10.8. The van der Waals surface area contributed by atoms with Crippen molar-refractivity contribution in [3.05, 3.63) is 33.4 Å². The summed E-state index contributed by atoms with van der Waals surface area (Å²) in [6.07, 6.45) is 6.75. The summed E-state index contributed by atoms with van der Waals surface area (Å²) in [6, 6.07) is 10.4. The molecular weight excluding hydrogens is 361 g/mol. The van der Waals surface area contributed by atoms with Gasteiger partial charge >= 0.3 is 0 Å². The summed E-state index contributed by atoms with van der Waals surface area (Å²) in [5.74, 6) is 1.28. The molecule has 1 aromatic rings. The van der Waals surface area contributed by atoms with Gasteiger partial charge in [-0.05, 0) is 84.9 Å². The van der Waals surface area contributed by atoms with E-state index in [2.05, 4.69) is 58.8 Å². The monoisotopic (exact) mass is 383 g/mol. The van der Waals surface area contributed by atoms with E-state index in [9.17, 15) is 4.79 Å². The van der Waals surface area contributed by atoms with Crippen molar-refractivity contribution in [1.82, 2.24) is 4.90 Å². The Kier molecular flexibility index (Phi) is 4.46. The molecule has 2 aliphatic rings. The smallest absolute Gasteiger partial charge is 0.120 e. The Morgan fingerprint density at radius 3 is 2.75 bits per heavy atom. The average molecular weight is 383 g/mol. The van der Waals surface area contributed by atoms with Crippen molar-refractivity contribution >= 4 is 28.9 Å². The lowest BCUT2D eigenvalue weighted by molar-refractivity contribution is -0.108. The highest BCUT2D eigenvalue weighted by Crippen LogP contribution is 2.47. The van der Waals surface area contributed by atoms with E-state index in [-0.39, 0.29) is 0 Å². The quantitative estimate of drug-likeness (QED) is 0.582. The molecule has 2 saturated heterocycles. The lowest BCUT2D eigenvalue weighted by Crippen LogP contribution is -2.45. The first-order valence-corrected chi connectivity index (χ1v) is 8.69. The Labute approximate surface area is 135 Å². The van der Waals surface area contributed by atoms with Crippen LogP contribution in [0.25, 0.3) is 0 Å². The van der Waals surface area contributed by atoms with Gasteiger partial charge in [-0.15, -0.1) is 0 Å². The number of nitrogens with zero attached hydrogens (tertiary/aromatic N) is 1. The molecule has 2 heterocycles. The van der Waals surface area contributed by atoms with Crippen LogP contribution in [0.4, 0.5) is 0 Å². The Morgan fingerprint density at radius 1 is 1.30 bits per heavy atom. The molecule has 108 valence electrons. The molecule has 3 heteroatoms. The van der Waals surface area contributed by atoms with Crippen LogP contribution in [0.15, 0.2) is 24.3 Å². The SMILES string of the molecule is CN1C2CCC1[C@@H](CCC=O)[C@H](c1ccc(I)cc1)C2. The zero-order valence-electron chi connectivity index (χ0n) is 12.0. The molecule has 4 atom stereocenters. The van der Waals surface area contributed by atoms with Crippen LogP contribution in [0.5, 0.6) is 0 Å². The molecule has 0 N–H and O–H groups in total. The van der Waals surface area contributed by atoms with Crippen molar-refractivity contribution in [2.45, 2.75) is 50.1 Å². The van der Waals surface area contributed by atoms with E-state index in [1.807, 2.05) is 0 Å². The summed E-state index contributed by atoms with van der Waals surface area (Å²) in [5, 5.41) is 0. The summed E-state index contributed by atoms with van der Waals surface area (Å²) in [5.41, 5.74) is 1.48. The number of rotatable bonds is 4. The van der Waals surface area contributed by atoms with Gasteiger partial charge in [-0.25, -0.2) is 0 Å². The zero-order valence-corrected chi connectivity index (χ0v) is 14.1. The van der Waals surface area contributed by atoms with E-state index in [4.69, 9.17) is 0 Å². The fourth-order valence-electron chi connectivity index (χ4n) is 4.32. The van der Waals surface area contributed by atoms with Crippen molar-refractivity contribution in [1.29, 1.82) is 0 Å². The molecule has 0 aromatic heterocycles. The number of benzene rings is 1. The van der Waals surface area contributed by atoms with Gasteiger partial charge in [0, 0.05) is 22.1 Å². The first-order valence-electron chi connectivity index (χ1n) is 7.61. The number of hydrogen-bond acceptors (Lipinski definition) is 2. The van der Waals surface area contributed by atoms with E-state index < -0.39 is 0 Å². The minimum absolute atomic E-state index is 0.639. The normalized spacial score (nSPS) is 33.3. The van der Waals surface area contributed by atoms with Crippen LogP contribution in [-0.2, 0) is 4.79 Å². The summed E-state index contributed by atoms with van der Waals surface area (Å²) >= 11 is 2.36. The zero-order chi connectivity index (χ0) is 14.1. The Balaban J connectivity index is 1.87. The van der Waals surface area contributed by atoms with Crippen LogP contribution < -0.4 is 0 Å². The predicted octanol–water partition coefficient (Wildman–Crippen LogP) is 3.84. The fourth-order valence-corrected chi connectivity index (χ4v) is 4.68. The molecule has 2 unspecified atom stereocenters. The number of halogens is 1. The van der Waals surface area contributed by atoms with Crippen LogP contribution in [0.2, 0.25) is 0 Å². The lowest BCUT2D eigenvalue weighted by Gasteiger charge is -2.43. The molecule has 0 saturated carbocycles. The topological polar surface area (TPSA) is 20.3 Å². The van der Waals surface area contributed by atoms with Crippen molar-refractivity contribution in [3.63, 3.8) is 0 Å². The van der Waals surface area contributed by atoms with Crippen LogP contribution in [0, 0.1) is 9.49 Å². The van der Waals surface area contributed by atoms with E-state index in [1.54, 1.807) is 0 Å². The maximum Gasteiger partial charge on any atom is 0.120 e. The molecule has 1 aromatic carbocycles. The van der Waals surface area contributed by atoms with Crippen LogP contribution in [0.3, 0.4) is 0 Å². The first-order chi connectivity index (χ1) is 9.70. The lowest BCUT2D eigenvalue weighted by atomic mass is 9.74. The third kappa shape index (κ3) is 2.67. The highest BCUT2D eigenvalue weighted by atomic mass is 127. The second-order valence-corrected chi connectivity index (χ2v) is 7.51. The van der Waals surface area contributed by atoms with Gasteiger partial charge in [0.2, 0.25) is 0 Å². The maximum atomic E-state index is 10.8. The van der Waals surface area contributed by atoms with E-state index in [1.165, 1.54) is 28.4 Å². The molecular formula is C17H22INO. The van der Waals surface area contributed by atoms with Gasteiger partial charge in [-0.2, -0.15) is 0 Å². The number of aldehydes is 1. The molecule has 3 rings (SSSR count). The second-order valence-electron chi connectivity index (χ2n) is 6.27. The molecule has 0 radical (unpaired) electrons. The molecule has 2 bridgehead atoms. The van der Waals surface area contributed by atoms with E-state index >= 15 is 0 Å². The van der Waals surface area contributed by atoms with Crippen LogP contribution >= 0.6 is 22.6 Å². The van der Waals surface area contributed by atoms with Crippen molar-refractivity contribution in [3.8, 4) is 0 Å². The average Bonchev–Trinajstić information content (AvgIpc) is 2.71. The summed E-state index contributed by atoms with van der Waals surface area (Å²) in [6.45, 7) is 0. The highest BCUT2D eigenvalue weighted by Gasteiger charge is 2.45. The highest BCUT2D eigenvalue weighted by molar-refractivity contribution is 14.1. The summed E-state index contributed by atoms with van der Waals surface area (Å²) in [7, 11) is 2.28. The minimum Gasteiger partial charge on any atom is -0.303 e. The van der Waals surface area contributed by atoms with Gasteiger partial charge in [-0.3, -0.25) is 0 Å². The number of hydrogen-bond donors (Lipinski definition) is 0. The third-order valence-corrected chi connectivity index (χ3v) is 6.07. The number of piperidine rings is 1. The first kappa shape index (κ1) is 14.5. The fraction of sp³-hybridized carbons (Fsp3) is 0.588. The second kappa shape index (κ2) is 6.14. The van der Waals surface area contributed by atoms with Crippen LogP contribution in [0.1, 0.15) is 43.6 Å². The van der Waals surface area contributed by atoms with Crippen LogP contribution in [-0.4, -0.2) is 30.3 Å². The minimum atomic E-state index is 0.639. The van der Waals surface area contributed by atoms with Gasteiger partial charge in [0.1, 0.15) is 6.29 Å². The summed E-state index contributed by atoms with van der Waals surface area (Å²) < 4.78 is 1.30. The standard InChI is InChI=1S/C17H22INO/c1-19-14-8-9-17(19)15(3-2-10-20)16(11-14)12-4-6-13(18)7-5-12/h4-7,10,14-17H,2-3,8-9,11H2,1H3/t14?,15-,16-,17?/m0/s1. The largest absolute Gasteiger partial charge is 0.303 e. The van der Waals surface area contributed by atoms with Gasteiger partial charge in [0.25, 0.3) is 0 Å². The Bertz CT molecular complexity index is 472. The van der Waals surface area contributed by atoms with Gasteiger partial charge in [0.15, 0.2) is 0 Å². The van der Waals surface area contributed by atoms with Gasteiger partial charge < -0.3 is 9.69 Å². The number of fused-ring (bicyclic) bond motifs is 2. The number of carbonyl (C=O) groups excluding carboxylic acids is 1. The Morgan fingerprint density at radius 2 is 2.05 bits per heavy atom. The van der Waals surface area contributed by atoms with Gasteiger partial charge in [-0.1, -0.05) is 12.1 Å². The van der Waals surface area contributed by atoms with Gasteiger partial charge in [0.05, 0.1) is 0 Å². The third-order valence-electron chi connectivity index (χ3n) is 5.35. The predicted molar refractivity (Wildman–Crippen MR) is 89.9 cm³/mol. The molecule has 0 spiro atoms. The van der Waals surface area contributed by atoms with E-state index in [0.29, 0.717) is 24.3 Å². The molecule has 2 aliphatic heterocycles. The van der Waals surface area contributed by atoms with E-state index in [0.717, 1.165) is 18.7 Å². The summed E-state index contributed by atoms with van der Waals surface area (Å²) in [4.78, 5) is 13.4. The van der Waals surface area contributed by atoms with Crippen molar-refractivity contribution in [2.75, 3.05) is 7.05 Å². The molecule has 0 amide bonds.